The molecule has 0 amide bonds. The van der Waals surface area contributed by atoms with Gasteiger partial charge in [0.05, 0.1) is 12.9 Å². The molecule has 9 nitrogen and oxygen atoms in total. The molecule has 1 aliphatic rings. The average Bonchev–Trinajstić information content (AvgIpc) is 3.24. The van der Waals surface area contributed by atoms with Crippen molar-refractivity contribution in [2.45, 2.75) is 44.3 Å². The van der Waals surface area contributed by atoms with Gasteiger partial charge >= 0.3 is 0 Å². The van der Waals surface area contributed by atoms with E-state index in [0.29, 0.717) is 29.2 Å². The fraction of sp³-hybridized carbons (Fsp3) is 0.421. The summed E-state index contributed by atoms with van der Waals surface area (Å²) in [7, 11) is 0. The molecule has 0 bridgehead atoms. The molecule has 4 rings (SSSR count). The van der Waals surface area contributed by atoms with Gasteiger partial charge in [0, 0.05) is 12.1 Å². The Labute approximate surface area is 161 Å². The Hall–Kier alpha value is -2.59. The number of benzene rings is 1. The van der Waals surface area contributed by atoms with Crippen molar-refractivity contribution in [3.05, 3.63) is 42.5 Å². The van der Waals surface area contributed by atoms with Crippen LogP contribution < -0.4 is 5.32 Å². The zero-order valence-corrected chi connectivity index (χ0v) is 15.4. The van der Waals surface area contributed by atoms with Crippen LogP contribution in [0.4, 0.5) is 11.5 Å². The SMILES string of the molecule is CCCc1nc(Nc2ccccc2)c2ncn([C@@H]3O[C@H](CO)[C@@H](O)[C@@H]3O)c2n1. The van der Waals surface area contributed by atoms with Crippen LogP contribution in [0.25, 0.3) is 11.2 Å². The van der Waals surface area contributed by atoms with Crippen molar-refractivity contribution >= 4 is 22.7 Å². The van der Waals surface area contributed by atoms with Crippen LogP contribution >= 0.6 is 0 Å². The number of fused-ring (bicyclic) bond motifs is 1. The second-order valence-electron chi connectivity index (χ2n) is 6.78. The van der Waals surface area contributed by atoms with E-state index in [1.54, 1.807) is 4.57 Å². The van der Waals surface area contributed by atoms with Crippen molar-refractivity contribution in [3.63, 3.8) is 0 Å². The summed E-state index contributed by atoms with van der Waals surface area (Å²) in [5, 5.41) is 33.1. The number of aliphatic hydroxyl groups excluding tert-OH is 3. The lowest BCUT2D eigenvalue weighted by Gasteiger charge is -2.17. The van der Waals surface area contributed by atoms with Crippen molar-refractivity contribution < 1.29 is 20.1 Å². The van der Waals surface area contributed by atoms with Gasteiger partial charge in [-0.05, 0) is 18.6 Å². The molecule has 3 heterocycles. The number of para-hydroxylation sites is 1. The van der Waals surface area contributed by atoms with Crippen molar-refractivity contribution in [2.75, 3.05) is 11.9 Å². The van der Waals surface area contributed by atoms with Gasteiger partial charge in [-0.15, -0.1) is 0 Å². The normalized spacial score (nSPS) is 24.7. The zero-order valence-electron chi connectivity index (χ0n) is 15.4. The first-order valence-electron chi connectivity index (χ1n) is 9.30. The average molecular weight is 385 g/mol. The van der Waals surface area contributed by atoms with E-state index in [2.05, 4.69) is 20.3 Å². The van der Waals surface area contributed by atoms with Crippen molar-refractivity contribution in [3.8, 4) is 0 Å². The fourth-order valence-electron chi connectivity index (χ4n) is 3.34. The molecular weight excluding hydrogens is 362 g/mol. The maximum Gasteiger partial charge on any atom is 0.168 e. The summed E-state index contributed by atoms with van der Waals surface area (Å²) >= 11 is 0. The van der Waals surface area contributed by atoms with Gasteiger partial charge < -0.3 is 25.4 Å². The molecule has 148 valence electrons. The Morgan fingerprint density at radius 3 is 2.61 bits per heavy atom. The van der Waals surface area contributed by atoms with E-state index in [9.17, 15) is 15.3 Å². The second-order valence-corrected chi connectivity index (χ2v) is 6.78. The maximum absolute atomic E-state index is 10.4. The Morgan fingerprint density at radius 2 is 1.93 bits per heavy atom. The first-order valence-corrected chi connectivity index (χ1v) is 9.30. The van der Waals surface area contributed by atoms with Crippen LogP contribution in [-0.4, -0.2) is 59.8 Å². The van der Waals surface area contributed by atoms with Gasteiger partial charge in [-0.2, -0.15) is 0 Å². The molecule has 0 spiro atoms. The van der Waals surface area contributed by atoms with E-state index in [-0.39, 0.29) is 0 Å². The first-order chi connectivity index (χ1) is 13.6. The smallest absolute Gasteiger partial charge is 0.168 e. The summed E-state index contributed by atoms with van der Waals surface area (Å²) in [6, 6.07) is 9.63. The number of nitrogens with zero attached hydrogens (tertiary/aromatic N) is 4. The van der Waals surface area contributed by atoms with Crippen molar-refractivity contribution in [1.29, 1.82) is 0 Å². The summed E-state index contributed by atoms with van der Waals surface area (Å²) in [5.74, 6) is 1.20. The highest BCUT2D eigenvalue weighted by molar-refractivity contribution is 5.85. The van der Waals surface area contributed by atoms with Gasteiger partial charge in [0.15, 0.2) is 23.2 Å². The highest BCUT2D eigenvalue weighted by atomic mass is 16.6. The third kappa shape index (κ3) is 3.33. The number of rotatable bonds is 6. The van der Waals surface area contributed by atoms with Crippen molar-refractivity contribution in [1.82, 2.24) is 19.5 Å². The van der Waals surface area contributed by atoms with Gasteiger partial charge in [0.2, 0.25) is 0 Å². The number of aliphatic hydroxyl groups is 3. The summed E-state index contributed by atoms with van der Waals surface area (Å²) in [5.41, 5.74) is 1.89. The lowest BCUT2D eigenvalue weighted by atomic mass is 10.1. The van der Waals surface area contributed by atoms with Crippen LogP contribution in [0.3, 0.4) is 0 Å². The van der Waals surface area contributed by atoms with Gasteiger partial charge in [-0.1, -0.05) is 25.1 Å². The van der Waals surface area contributed by atoms with E-state index >= 15 is 0 Å². The standard InChI is InChI=1S/C19H23N5O4/c1-2-6-13-22-17(21-11-7-4-3-5-8-11)14-18(23-13)24(10-20-14)19-16(27)15(26)12(9-25)28-19/h3-5,7-8,10,12,15-16,19,25-27H,2,6,9H2,1H3,(H,21,22,23)/t12-,15-,16+,19-/m1/s1. The molecule has 4 atom stereocenters. The summed E-state index contributed by atoms with van der Waals surface area (Å²) < 4.78 is 7.22. The highest BCUT2D eigenvalue weighted by Gasteiger charge is 2.44. The molecule has 0 aliphatic carbocycles. The van der Waals surface area contributed by atoms with Gasteiger partial charge in [-0.25, -0.2) is 15.0 Å². The minimum Gasteiger partial charge on any atom is -0.394 e. The molecule has 0 saturated carbocycles. The number of hydrogen-bond donors (Lipinski definition) is 4. The molecule has 0 unspecified atom stereocenters. The zero-order chi connectivity index (χ0) is 19.7. The quantitative estimate of drug-likeness (QED) is 0.498. The molecule has 1 aromatic carbocycles. The summed E-state index contributed by atoms with van der Waals surface area (Å²) in [6.45, 7) is 1.65. The van der Waals surface area contributed by atoms with Gasteiger partial charge in [0.1, 0.15) is 24.1 Å². The highest BCUT2D eigenvalue weighted by Crippen LogP contribution is 2.33. The monoisotopic (exact) mass is 385 g/mol. The molecular formula is C19H23N5O4. The van der Waals surface area contributed by atoms with Crippen LogP contribution in [0.2, 0.25) is 0 Å². The molecule has 1 aliphatic heterocycles. The van der Waals surface area contributed by atoms with Crippen molar-refractivity contribution in [2.24, 2.45) is 0 Å². The maximum atomic E-state index is 10.4. The third-order valence-corrected chi connectivity index (χ3v) is 4.77. The Balaban J connectivity index is 1.77. The number of anilines is 2. The minimum atomic E-state index is -1.20. The van der Waals surface area contributed by atoms with Crippen LogP contribution in [-0.2, 0) is 11.2 Å². The Morgan fingerprint density at radius 1 is 1.14 bits per heavy atom. The van der Waals surface area contributed by atoms with Crippen LogP contribution in [0.15, 0.2) is 36.7 Å². The summed E-state index contributed by atoms with van der Waals surface area (Å²) in [4.78, 5) is 13.6. The minimum absolute atomic E-state index is 0.391. The lowest BCUT2D eigenvalue weighted by molar-refractivity contribution is -0.0511. The molecule has 3 aromatic rings. The molecule has 0 radical (unpaired) electrons. The van der Waals surface area contributed by atoms with Gasteiger partial charge in [0.25, 0.3) is 0 Å². The number of aromatic nitrogens is 4. The molecule has 2 aromatic heterocycles. The second kappa shape index (κ2) is 7.80. The van der Waals surface area contributed by atoms with Crippen LogP contribution in [0.5, 0.6) is 0 Å². The lowest BCUT2D eigenvalue weighted by Crippen LogP contribution is -2.33. The van der Waals surface area contributed by atoms with Gasteiger partial charge in [-0.3, -0.25) is 4.57 Å². The number of imidazole rings is 1. The Bertz CT molecular complexity index is 948. The van der Waals surface area contributed by atoms with Crippen LogP contribution in [0, 0.1) is 0 Å². The predicted molar refractivity (Wildman–Crippen MR) is 102 cm³/mol. The molecule has 4 N–H and O–H groups in total. The largest absolute Gasteiger partial charge is 0.394 e. The van der Waals surface area contributed by atoms with E-state index in [1.165, 1.54) is 6.33 Å². The number of ether oxygens (including phenoxy) is 1. The van der Waals surface area contributed by atoms with E-state index in [4.69, 9.17) is 4.74 Å². The predicted octanol–water partition coefficient (Wildman–Crippen LogP) is 1.13. The third-order valence-electron chi connectivity index (χ3n) is 4.77. The number of nitrogens with one attached hydrogen (secondary N) is 1. The number of hydrogen-bond acceptors (Lipinski definition) is 8. The van der Waals surface area contributed by atoms with E-state index in [1.807, 2.05) is 37.3 Å². The molecule has 9 heteroatoms. The molecule has 1 saturated heterocycles. The first kappa shape index (κ1) is 18.8. The number of aryl methyl sites for hydroxylation is 1. The molecule has 28 heavy (non-hydrogen) atoms. The fourth-order valence-corrected chi connectivity index (χ4v) is 3.34. The van der Waals surface area contributed by atoms with E-state index < -0.39 is 31.1 Å². The van der Waals surface area contributed by atoms with E-state index in [0.717, 1.165) is 12.1 Å². The molecule has 1 fully saturated rings. The van der Waals surface area contributed by atoms with Crippen LogP contribution in [0.1, 0.15) is 25.4 Å². The Kier molecular flexibility index (Phi) is 5.23. The summed E-state index contributed by atoms with van der Waals surface area (Å²) in [6.07, 6.45) is -1.09. The topological polar surface area (TPSA) is 126 Å².